The van der Waals surface area contributed by atoms with Crippen molar-refractivity contribution in [2.45, 2.75) is 84.4 Å². The minimum absolute atomic E-state index is 0.000987. The second-order valence-corrected chi connectivity index (χ2v) is 9.14. The van der Waals surface area contributed by atoms with Crippen LogP contribution in [0.2, 0.25) is 0 Å². The molecule has 0 radical (unpaired) electrons. The first-order valence-electron chi connectivity index (χ1n) is 11.2. The normalized spacial score (nSPS) is 14.5. The van der Waals surface area contributed by atoms with Crippen molar-refractivity contribution in [3.05, 3.63) is 35.4 Å². The number of nitrogens with one attached hydrogen (secondary N) is 2. The predicted molar refractivity (Wildman–Crippen MR) is 121 cm³/mol. The summed E-state index contributed by atoms with van der Waals surface area (Å²) in [5, 5.41) is 5.55. The molecule has 1 saturated carbocycles. The van der Waals surface area contributed by atoms with Crippen molar-refractivity contribution in [1.29, 1.82) is 0 Å². The molecule has 1 aliphatic carbocycles. The standard InChI is InChI=1S/C24H37N3O4/c1-6-7-10-15-25-22(29)21(19-12-9-8-11-17(19)2)27(18-13-14-18)20(28)16-26-23(30)31-24(3,4)5/h8-9,11-12,18,21H,6-7,10,13-16H2,1-5H3,(H,25,29)(H,26,30). The molecule has 7 heteroatoms. The number of benzene rings is 1. The van der Waals surface area contributed by atoms with Crippen LogP contribution in [0.4, 0.5) is 4.79 Å². The molecular weight excluding hydrogens is 394 g/mol. The van der Waals surface area contributed by atoms with Crippen molar-refractivity contribution in [2.24, 2.45) is 0 Å². The summed E-state index contributed by atoms with van der Waals surface area (Å²) < 4.78 is 5.23. The lowest BCUT2D eigenvalue weighted by Crippen LogP contribution is -2.49. The van der Waals surface area contributed by atoms with Crippen LogP contribution in [0, 0.1) is 6.92 Å². The minimum atomic E-state index is -0.719. The SMILES string of the molecule is CCCCCNC(=O)C(c1ccccc1C)N(C(=O)CNC(=O)OC(C)(C)C)C1CC1. The Balaban J connectivity index is 2.19. The maximum atomic E-state index is 13.2. The van der Waals surface area contributed by atoms with Crippen molar-refractivity contribution in [2.75, 3.05) is 13.1 Å². The van der Waals surface area contributed by atoms with Gasteiger partial charge in [-0.3, -0.25) is 9.59 Å². The molecule has 1 atom stereocenters. The lowest BCUT2D eigenvalue weighted by Gasteiger charge is -2.32. The molecule has 0 aliphatic heterocycles. The van der Waals surface area contributed by atoms with Gasteiger partial charge in [0, 0.05) is 12.6 Å². The number of aryl methyl sites for hydroxylation is 1. The zero-order valence-corrected chi connectivity index (χ0v) is 19.5. The van der Waals surface area contributed by atoms with Gasteiger partial charge < -0.3 is 20.3 Å². The number of alkyl carbamates (subject to hydrolysis) is 1. The molecule has 2 N–H and O–H groups in total. The maximum absolute atomic E-state index is 13.2. The lowest BCUT2D eigenvalue weighted by molar-refractivity contribution is -0.140. The predicted octanol–water partition coefficient (Wildman–Crippen LogP) is 3.86. The molecule has 1 aromatic rings. The van der Waals surface area contributed by atoms with Gasteiger partial charge in [0.05, 0.1) is 0 Å². The molecule has 1 fully saturated rings. The Morgan fingerprint density at radius 1 is 1.13 bits per heavy atom. The first-order valence-corrected chi connectivity index (χ1v) is 11.2. The Labute approximate surface area is 185 Å². The molecule has 0 heterocycles. The van der Waals surface area contributed by atoms with Gasteiger partial charge in [-0.15, -0.1) is 0 Å². The van der Waals surface area contributed by atoms with Crippen LogP contribution < -0.4 is 10.6 Å². The second kappa shape index (κ2) is 11.2. The highest BCUT2D eigenvalue weighted by Gasteiger charge is 2.41. The molecule has 0 spiro atoms. The summed E-state index contributed by atoms with van der Waals surface area (Å²) in [7, 11) is 0. The highest BCUT2D eigenvalue weighted by Crippen LogP contribution is 2.35. The Bertz CT molecular complexity index is 768. The average Bonchev–Trinajstić information content (AvgIpc) is 3.52. The molecule has 0 saturated heterocycles. The number of nitrogens with zero attached hydrogens (tertiary/aromatic N) is 1. The first kappa shape index (κ1) is 24.7. The monoisotopic (exact) mass is 431 g/mol. The molecule has 1 unspecified atom stereocenters. The Kier molecular flexibility index (Phi) is 8.89. The van der Waals surface area contributed by atoms with Gasteiger partial charge in [0.15, 0.2) is 0 Å². The van der Waals surface area contributed by atoms with Crippen LogP contribution in [0.25, 0.3) is 0 Å². The number of unbranched alkanes of at least 4 members (excludes halogenated alkanes) is 2. The van der Waals surface area contributed by atoms with E-state index in [1.807, 2.05) is 31.2 Å². The fourth-order valence-electron chi connectivity index (χ4n) is 3.46. The number of ether oxygens (including phenoxy) is 1. The topological polar surface area (TPSA) is 87.7 Å². The van der Waals surface area contributed by atoms with Gasteiger partial charge in [-0.2, -0.15) is 0 Å². The summed E-state index contributed by atoms with van der Waals surface area (Å²) in [6, 6.07) is 6.93. The van der Waals surface area contributed by atoms with E-state index in [2.05, 4.69) is 17.6 Å². The summed E-state index contributed by atoms with van der Waals surface area (Å²) in [4.78, 5) is 40.1. The van der Waals surface area contributed by atoms with Gasteiger partial charge in [0.1, 0.15) is 18.2 Å². The third-order valence-electron chi connectivity index (χ3n) is 5.10. The fraction of sp³-hybridized carbons (Fsp3) is 0.625. The van der Waals surface area contributed by atoms with Crippen LogP contribution in [0.1, 0.15) is 77.0 Å². The van der Waals surface area contributed by atoms with Crippen LogP contribution in [-0.2, 0) is 14.3 Å². The molecular formula is C24H37N3O4. The number of carbonyl (C=O) groups is 3. The summed E-state index contributed by atoms with van der Waals surface area (Å²) >= 11 is 0. The maximum Gasteiger partial charge on any atom is 0.408 e. The summed E-state index contributed by atoms with van der Waals surface area (Å²) in [5.74, 6) is -0.465. The largest absolute Gasteiger partial charge is 0.444 e. The van der Waals surface area contributed by atoms with Crippen LogP contribution in [0.3, 0.4) is 0 Å². The number of amides is 3. The number of carbonyl (C=O) groups excluding carboxylic acids is 3. The quantitative estimate of drug-likeness (QED) is 0.551. The van der Waals surface area contributed by atoms with E-state index in [4.69, 9.17) is 4.74 Å². The first-order chi connectivity index (χ1) is 14.6. The molecule has 3 amide bonds. The highest BCUT2D eigenvalue weighted by molar-refractivity contribution is 5.91. The Morgan fingerprint density at radius 3 is 2.39 bits per heavy atom. The van der Waals surface area contributed by atoms with Crippen molar-refractivity contribution in [1.82, 2.24) is 15.5 Å². The van der Waals surface area contributed by atoms with Gasteiger partial charge in [0.2, 0.25) is 11.8 Å². The van der Waals surface area contributed by atoms with E-state index in [1.165, 1.54) is 0 Å². The molecule has 1 aromatic carbocycles. The van der Waals surface area contributed by atoms with Gasteiger partial charge in [-0.1, -0.05) is 44.0 Å². The average molecular weight is 432 g/mol. The molecule has 7 nitrogen and oxygen atoms in total. The summed E-state index contributed by atoms with van der Waals surface area (Å²) in [5.41, 5.74) is 1.12. The molecule has 172 valence electrons. The summed E-state index contributed by atoms with van der Waals surface area (Å²) in [6.45, 7) is 9.73. The second-order valence-electron chi connectivity index (χ2n) is 9.14. The number of rotatable bonds is 10. The van der Waals surface area contributed by atoms with E-state index in [0.29, 0.717) is 6.54 Å². The number of hydrogen-bond donors (Lipinski definition) is 2. The third kappa shape index (κ3) is 7.89. The lowest BCUT2D eigenvalue weighted by atomic mass is 9.98. The smallest absolute Gasteiger partial charge is 0.408 e. The minimum Gasteiger partial charge on any atom is -0.444 e. The van der Waals surface area contributed by atoms with Crippen LogP contribution in [-0.4, -0.2) is 47.5 Å². The zero-order chi connectivity index (χ0) is 23.0. The van der Waals surface area contributed by atoms with Crippen LogP contribution >= 0.6 is 0 Å². The third-order valence-corrected chi connectivity index (χ3v) is 5.10. The van der Waals surface area contributed by atoms with E-state index in [9.17, 15) is 14.4 Å². The highest BCUT2D eigenvalue weighted by atomic mass is 16.6. The molecule has 0 aromatic heterocycles. The van der Waals surface area contributed by atoms with Gasteiger partial charge in [-0.05, 0) is 58.1 Å². The van der Waals surface area contributed by atoms with Gasteiger partial charge in [0.25, 0.3) is 0 Å². The molecule has 2 rings (SSSR count). The van der Waals surface area contributed by atoms with E-state index in [1.54, 1.807) is 25.7 Å². The van der Waals surface area contributed by atoms with E-state index in [0.717, 1.165) is 43.2 Å². The van der Waals surface area contributed by atoms with Crippen LogP contribution in [0.5, 0.6) is 0 Å². The molecule has 1 aliphatic rings. The zero-order valence-electron chi connectivity index (χ0n) is 19.5. The van der Waals surface area contributed by atoms with Gasteiger partial charge >= 0.3 is 6.09 Å². The Hall–Kier alpha value is -2.57. The van der Waals surface area contributed by atoms with E-state index >= 15 is 0 Å². The van der Waals surface area contributed by atoms with Crippen LogP contribution in [0.15, 0.2) is 24.3 Å². The van der Waals surface area contributed by atoms with Crippen molar-refractivity contribution >= 4 is 17.9 Å². The molecule has 31 heavy (non-hydrogen) atoms. The Morgan fingerprint density at radius 2 is 1.81 bits per heavy atom. The fourth-order valence-corrected chi connectivity index (χ4v) is 3.46. The van der Waals surface area contributed by atoms with Crippen molar-refractivity contribution in [3.63, 3.8) is 0 Å². The summed E-state index contributed by atoms with van der Waals surface area (Å²) in [6.07, 6.45) is 4.07. The van der Waals surface area contributed by atoms with E-state index < -0.39 is 17.7 Å². The van der Waals surface area contributed by atoms with Crippen molar-refractivity contribution < 1.29 is 19.1 Å². The molecule has 0 bridgehead atoms. The van der Waals surface area contributed by atoms with E-state index in [-0.39, 0.29) is 24.4 Å². The van der Waals surface area contributed by atoms with Gasteiger partial charge in [-0.25, -0.2) is 4.79 Å². The number of hydrogen-bond acceptors (Lipinski definition) is 4. The van der Waals surface area contributed by atoms with Crippen molar-refractivity contribution in [3.8, 4) is 0 Å².